The first-order chi connectivity index (χ1) is 14.7. The van der Waals surface area contributed by atoms with E-state index in [0.717, 1.165) is 23.3 Å². The molecule has 0 N–H and O–H groups in total. The van der Waals surface area contributed by atoms with Crippen LogP contribution in [0.5, 0.6) is 5.75 Å². The van der Waals surface area contributed by atoms with Crippen LogP contribution in [-0.4, -0.2) is 6.61 Å². The lowest BCUT2D eigenvalue weighted by molar-refractivity contribution is 0.340. The Morgan fingerprint density at radius 2 is 1.47 bits per heavy atom. The number of hydrogen-bond acceptors (Lipinski definition) is 1. The smallest absolute Gasteiger partial charge is 0.132 e. The van der Waals surface area contributed by atoms with Crippen LogP contribution in [0.1, 0.15) is 56.2 Å². The van der Waals surface area contributed by atoms with E-state index >= 15 is 0 Å². The summed E-state index contributed by atoms with van der Waals surface area (Å²) in [7, 11) is 0. The van der Waals surface area contributed by atoms with Crippen LogP contribution in [0.15, 0.2) is 66.7 Å². The first-order valence-electron chi connectivity index (χ1n) is 10.8. The molecule has 0 unspecified atom stereocenters. The number of ether oxygens (including phenoxy) is 1. The van der Waals surface area contributed by atoms with Crippen molar-refractivity contribution in [2.24, 2.45) is 0 Å². The van der Waals surface area contributed by atoms with Crippen LogP contribution in [0, 0.1) is 17.7 Å². The van der Waals surface area contributed by atoms with Gasteiger partial charge in [-0.15, -0.1) is 0 Å². The predicted octanol–water partition coefficient (Wildman–Crippen LogP) is 7.41. The molecule has 0 spiro atoms. The standard InChI is InChI=1S/C28H29FO/c1-3-5-6-7-8-22-11-16-25(17-12-22)27-20-15-24(21-28(27)29)10-9-23-13-18-26(19-14-23)30-4-2/h11-21H,3-8H2,1-2H3. The van der Waals surface area contributed by atoms with Gasteiger partial charge in [-0.2, -0.15) is 0 Å². The van der Waals surface area contributed by atoms with E-state index in [1.165, 1.54) is 37.3 Å². The minimum Gasteiger partial charge on any atom is -0.494 e. The van der Waals surface area contributed by atoms with E-state index in [2.05, 4.69) is 30.9 Å². The monoisotopic (exact) mass is 400 g/mol. The molecule has 1 nitrogen and oxygen atoms in total. The van der Waals surface area contributed by atoms with Gasteiger partial charge in [0.05, 0.1) is 6.61 Å². The molecule has 3 aromatic carbocycles. The van der Waals surface area contributed by atoms with Gasteiger partial charge in [-0.3, -0.25) is 0 Å². The molecule has 0 fully saturated rings. The van der Waals surface area contributed by atoms with Crippen LogP contribution in [-0.2, 0) is 6.42 Å². The van der Waals surface area contributed by atoms with Crippen LogP contribution in [0.3, 0.4) is 0 Å². The van der Waals surface area contributed by atoms with Crippen LogP contribution < -0.4 is 4.74 Å². The number of halogens is 1. The van der Waals surface area contributed by atoms with Crippen molar-refractivity contribution in [1.29, 1.82) is 0 Å². The summed E-state index contributed by atoms with van der Waals surface area (Å²) in [5.41, 5.74) is 4.36. The van der Waals surface area contributed by atoms with Gasteiger partial charge >= 0.3 is 0 Å². The highest BCUT2D eigenvalue weighted by molar-refractivity contribution is 5.65. The lowest BCUT2D eigenvalue weighted by atomic mass is 9.99. The van der Waals surface area contributed by atoms with E-state index in [0.29, 0.717) is 17.7 Å². The molecule has 2 heteroatoms. The molecule has 0 aromatic heterocycles. The van der Waals surface area contributed by atoms with Gasteiger partial charge in [0.25, 0.3) is 0 Å². The molecular weight excluding hydrogens is 371 g/mol. The fourth-order valence-electron chi connectivity index (χ4n) is 3.38. The van der Waals surface area contributed by atoms with Crippen molar-refractivity contribution in [2.45, 2.75) is 46.0 Å². The summed E-state index contributed by atoms with van der Waals surface area (Å²) in [6.07, 6.45) is 6.11. The van der Waals surface area contributed by atoms with E-state index in [9.17, 15) is 4.39 Å². The quantitative estimate of drug-likeness (QED) is 0.282. The fourth-order valence-corrected chi connectivity index (χ4v) is 3.38. The van der Waals surface area contributed by atoms with Crippen LogP contribution >= 0.6 is 0 Å². The van der Waals surface area contributed by atoms with Gasteiger partial charge in [-0.05, 0) is 67.3 Å². The molecule has 0 heterocycles. The summed E-state index contributed by atoms with van der Waals surface area (Å²) in [6.45, 7) is 4.81. The van der Waals surface area contributed by atoms with Crippen molar-refractivity contribution in [3.05, 3.63) is 89.2 Å². The Bertz CT molecular complexity index is 992. The average Bonchev–Trinajstić information content (AvgIpc) is 2.77. The summed E-state index contributed by atoms with van der Waals surface area (Å²) in [4.78, 5) is 0. The Hall–Kier alpha value is -3.05. The van der Waals surface area contributed by atoms with Gasteiger partial charge in [0.2, 0.25) is 0 Å². The number of hydrogen-bond donors (Lipinski definition) is 0. The minimum absolute atomic E-state index is 0.246. The third-order valence-electron chi connectivity index (χ3n) is 5.07. The van der Waals surface area contributed by atoms with Crippen LogP contribution in [0.4, 0.5) is 4.39 Å². The zero-order chi connectivity index (χ0) is 21.2. The summed E-state index contributed by atoms with van der Waals surface area (Å²) >= 11 is 0. The third kappa shape index (κ3) is 6.22. The Kier molecular flexibility index (Phi) is 8.10. The second-order valence-electron chi connectivity index (χ2n) is 7.41. The van der Waals surface area contributed by atoms with Crippen molar-refractivity contribution in [1.82, 2.24) is 0 Å². The second kappa shape index (κ2) is 11.2. The van der Waals surface area contributed by atoms with E-state index in [1.807, 2.05) is 55.5 Å². The highest BCUT2D eigenvalue weighted by atomic mass is 19.1. The molecule has 0 aliphatic rings. The molecule has 3 rings (SSSR count). The lowest BCUT2D eigenvalue weighted by Crippen LogP contribution is -1.90. The average molecular weight is 401 g/mol. The van der Waals surface area contributed by atoms with Gasteiger partial charge in [0, 0.05) is 16.7 Å². The van der Waals surface area contributed by atoms with Crippen molar-refractivity contribution >= 4 is 0 Å². The molecule has 0 amide bonds. The summed E-state index contributed by atoms with van der Waals surface area (Å²) in [5, 5.41) is 0. The summed E-state index contributed by atoms with van der Waals surface area (Å²) in [6, 6.07) is 21.1. The van der Waals surface area contributed by atoms with Gasteiger partial charge < -0.3 is 4.74 Å². The highest BCUT2D eigenvalue weighted by Crippen LogP contribution is 2.24. The molecule has 0 aliphatic heterocycles. The predicted molar refractivity (Wildman–Crippen MR) is 123 cm³/mol. The summed E-state index contributed by atoms with van der Waals surface area (Å²) < 4.78 is 20.1. The molecule has 0 atom stereocenters. The van der Waals surface area contributed by atoms with E-state index < -0.39 is 0 Å². The maximum absolute atomic E-state index is 14.7. The van der Waals surface area contributed by atoms with E-state index in [1.54, 1.807) is 0 Å². The topological polar surface area (TPSA) is 9.23 Å². The SMILES string of the molecule is CCCCCCc1ccc(-c2ccc(C#Cc3ccc(OCC)cc3)cc2F)cc1. The van der Waals surface area contributed by atoms with Crippen molar-refractivity contribution < 1.29 is 9.13 Å². The first-order valence-corrected chi connectivity index (χ1v) is 10.8. The molecule has 0 radical (unpaired) electrons. The molecule has 154 valence electrons. The number of benzene rings is 3. The Morgan fingerprint density at radius 3 is 2.13 bits per heavy atom. The molecule has 0 bridgehead atoms. The van der Waals surface area contributed by atoms with Gasteiger partial charge in [0.15, 0.2) is 0 Å². The first kappa shape index (κ1) is 21.7. The molecule has 3 aromatic rings. The maximum Gasteiger partial charge on any atom is 0.132 e. The maximum atomic E-state index is 14.7. The van der Waals surface area contributed by atoms with Crippen molar-refractivity contribution in [2.75, 3.05) is 6.61 Å². The van der Waals surface area contributed by atoms with Crippen LogP contribution in [0.25, 0.3) is 11.1 Å². The Morgan fingerprint density at radius 1 is 0.767 bits per heavy atom. The largest absolute Gasteiger partial charge is 0.494 e. The van der Waals surface area contributed by atoms with E-state index in [-0.39, 0.29) is 5.82 Å². The second-order valence-corrected chi connectivity index (χ2v) is 7.41. The molecule has 0 saturated carbocycles. The molecular formula is C28H29FO. The molecule has 0 aliphatic carbocycles. The van der Waals surface area contributed by atoms with Gasteiger partial charge in [0.1, 0.15) is 11.6 Å². The van der Waals surface area contributed by atoms with Crippen LogP contribution in [0.2, 0.25) is 0 Å². The van der Waals surface area contributed by atoms with Gasteiger partial charge in [-0.1, -0.05) is 68.4 Å². The lowest BCUT2D eigenvalue weighted by Gasteiger charge is -2.06. The van der Waals surface area contributed by atoms with Crippen molar-refractivity contribution in [3.63, 3.8) is 0 Å². The molecule has 30 heavy (non-hydrogen) atoms. The Labute approximate surface area is 179 Å². The number of rotatable bonds is 8. The molecule has 0 saturated heterocycles. The highest BCUT2D eigenvalue weighted by Gasteiger charge is 2.06. The number of aryl methyl sites for hydroxylation is 1. The third-order valence-corrected chi connectivity index (χ3v) is 5.07. The van der Waals surface area contributed by atoms with Gasteiger partial charge in [-0.25, -0.2) is 4.39 Å². The minimum atomic E-state index is -0.246. The summed E-state index contributed by atoms with van der Waals surface area (Å²) in [5.74, 6) is 6.70. The zero-order valence-electron chi connectivity index (χ0n) is 17.9. The Balaban J connectivity index is 1.67. The normalized spacial score (nSPS) is 10.4. The van der Waals surface area contributed by atoms with Crippen molar-refractivity contribution in [3.8, 4) is 28.7 Å². The fraction of sp³-hybridized carbons (Fsp3) is 0.286. The number of unbranched alkanes of at least 4 members (excludes halogenated alkanes) is 3. The zero-order valence-corrected chi connectivity index (χ0v) is 17.9. The van der Waals surface area contributed by atoms with E-state index in [4.69, 9.17) is 4.74 Å².